The van der Waals surface area contributed by atoms with Crippen LogP contribution in [0.25, 0.3) is 0 Å². The van der Waals surface area contributed by atoms with Gasteiger partial charge in [-0.25, -0.2) is 0 Å². The molecular weight excluding hydrogens is 178 g/mol. The summed E-state index contributed by atoms with van der Waals surface area (Å²) in [6.45, 7) is 2.40. The van der Waals surface area contributed by atoms with Crippen molar-refractivity contribution >= 4 is 5.78 Å². The fourth-order valence-corrected chi connectivity index (χ4v) is 2.39. The molecule has 3 nitrogen and oxygen atoms in total. The van der Waals surface area contributed by atoms with E-state index in [0.717, 1.165) is 45.4 Å². The predicted molar refractivity (Wildman–Crippen MR) is 54.1 cm³/mol. The molecule has 0 radical (unpaired) electrons. The Morgan fingerprint density at radius 3 is 2.57 bits per heavy atom. The minimum Gasteiger partial charge on any atom is -0.381 e. The first kappa shape index (κ1) is 10.1. The highest BCUT2D eigenvalue weighted by molar-refractivity contribution is 5.89. The molecule has 0 atom stereocenters. The lowest BCUT2D eigenvalue weighted by Crippen LogP contribution is -2.35. The predicted octanol–water partition coefficient (Wildman–Crippen LogP) is 0.982. The van der Waals surface area contributed by atoms with Gasteiger partial charge < -0.3 is 10.1 Å². The van der Waals surface area contributed by atoms with Gasteiger partial charge in [-0.3, -0.25) is 4.79 Å². The quantitative estimate of drug-likeness (QED) is 0.730. The molecule has 1 aliphatic heterocycles. The Balaban J connectivity index is 1.93. The summed E-state index contributed by atoms with van der Waals surface area (Å²) in [5, 5.41) is 3.14. The minimum absolute atomic E-state index is 0.0107. The molecule has 0 aromatic carbocycles. The topological polar surface area (TPSA) is 38.3 Å². The number of carbonyl (C=O) groups is 1. The normalized spacial score (nSPS) is 26.1. The first-order chi connectivity index (χ1) is 6.78. The van der Waals surface area contributed by atoms with E-state index in [9.17, 15) is 4.79 Å². The van der Waals surface area contributed by atoms with Gasteiger partial charge >= 0.3 is 0 Å². The van der Waals surface area contributed by atoms with Crippen LogP contribution in [0.4, 0.5) is 0 Å². The Hall–Kier alpha value is -0.410. The van der Waals surface area contributed by atoms with Gasteiger partial charge in [0.05, 0.1) is 0 Å². The molecule has 0 spiro atoms. The zero-order chi connectivity index (χ0) is 10.0. The SMILES string of the molecule is CNCC1(C(=O)C2CCOCC2)CC1. The van der Waals surface area contributed by atoms with Gasteiger partial charge in [0, 0.05) is 31.1 Å². The molecule has 80 valence electrons. The number of ether oxygens (including phenoxy) is 1. The van der Waals surface area contributed by atoms with Crippen molar-refractivity contribution in [2.75, 3.05) is 26.8 Å². The summed E-state index contributed by atoms with van der Waals surface area (Å²) in [6, 6.07) is 0. The lowest BCUT2D eigenvalue weighted by atomic mass is 9.85. The third-order valence-electron chi connectivity index (χ3n) is 3.48. The van der Waals surface area contributed by atoms with Gasteiger partial charge in [0.15, 0.2) is 0 Å². The molecule has 2 fully saturated rings. The Labute approximate surface area is 85.2 Å². The molecule has 0 unspecified atom stereocenters. The summed E-state index contributed by atoms with van der Waals surface area (Å²) in [6.07, 6.45) is 4.04. The zero-order valence-corrected chi connectivity index (χ0v) is 8.84. The van der Waals surface area contributed by atoms with Crippen molar-refractivity contribution in [3.05, 3.63) is 0 Å². The van der Waals surface area contributed by atoms with Gasteiger partial charge in [0.1, 0.15) is 5.78 Å². The molecule has 0 aromatic rings. The number of hydrogen-bond donors (Lipinski definition) is 1. The second kappa shape index (κ2) is 3.99. The fourth-order valence-electron chi connectivity index (χ4n) is 2.39. The van der Waals surface area contributed by atoms with Crippen LogP contribution in [-0.2, 0) is 9.53 Å². The van der Waals surface area contributed by atoms with Crippen LogP contribution in [0.1, 0.15) is 25.7 Å². The number of carbonyl (C=O) groups excluding carboxylic acids is 1. The highest BCUT2D eigenvalue weighted by atomic mass is 16.5. The van der Waals surface area contributed by atoms with E-state index in [1.54, 1.807) is 0 Å². The maximum absolute atomic E-state index is 12.2. The van der Waals surface area contributed by atoms with Crippen LogP contribution in [0.2, 0.25) is 0 Å². The van der Waals surface area contributed by atoms with E-state index in [1.165, 1.54) is 0 Å². The first-order valence-electron chi connectivity index (χ1n) is 5.55. The van der Waals surface area contributed by atoms with Gasteiger partial charge in [0.2, 0.25) is 0 Å². The Morgan fingerprint density at radius 1 is 1.43 bits per heavy atom. The number of nitrogens with one attached hydrogen (secondary N) is 1. The second-order valence-electron chi connectivity index (χ2n) is 4.56. The first-order valence-corrected chi connectivity index (χ1v) is 5.55. The van der Waals surface area contributed by atoms with Crippen LogP contribution in [0.5, 0.6) is 0 Å². The van der Waals surface area contributed by atoms with Crippen molar-refractivity contribution in [2.45, 2.75) is 25.7 Å². The average Bonchev–Trinajstić information content (AvgIpc) is 3.00. The highest BCUT2D eigenvalue weighted by Crippen LogP contribution is 2.48. The van der Waals surface area contributed by atoms with Gasteiger partial charge in [0.25, 0.3) is 0 Å². The van der Waals surface area contributed by atoms with E-state index in [0.29, 0.717) is 5.78 Å². The van der Waals surface area contributed by atoms with Crippen LogP contribution >= 0.6 is 0 Å². The summed E-state index contributed by atoms with van der Waals surface area (Å²) >= 11 is 0. The van der Waals surface area contributed by atoms with Crippen molar-refractivity contribution in [3.8, 4) is 0 Å². The van der Waals surface area contributed by atoms with Crippen molar-refractivity contribution in [1.29, 1.82) is 0 Å². The van der Waals surface area contributed by atoms with Crippen LogP contribution in [0.3, 0.4) is 0 Å². The zero-order valence-electron chi connectivity index (χ0n) is 8.84. The van der Waals surface area contributed by atoms with Crippen LogP contribution in [0, 0.1) is 11.3 Å². The van der Waals surface area contributed by atoms with E-state index >= 15 is 0 Å². The summed E-state index contributed by atoms with van der Waals surface area (Å²) in [5.74, 6) is 0.773. The Morgan fingerprint density at radius 2 is 2.07 bits per heavy atom. The van der Waals surface area contributed by atoms with Crippen molar-refractivity contribution in [2.24, 2.45) is 11.3 Å². The minimum atomic E-state index is 0.0107. The molecule has 2 aliphatic rings. The molecule has 1 heterocycles. The second-order valence-corrected chi connectivity index (χ2v) is 4.56. The summed E-state index contributed by atoms with van der Waals surface area (Å²) in [5.41, 5.74) is 0.0107. The Bertz CT molecular complexity index is 217. The third kappa shape index (κ3) is 1.84. The van der Waals surface area contributed by atoms with Crippen molar-refractivity contribution in [3.63, 3.8) is 0 Å². The van der Waals surface area contributed by atoms with Gasteiger partial charge in [-0.05, 0) is 32.7 Å². The highest BCUT2D eigenvalue weighted by Gasteiger charge is 2.50. The molecule has 2 rings (SSSR count). The van der Waals surface area contributed by atoms with Crippen molar-refractivity contribution < 1.29 is 9.53 Å². The largest absolute Gasteiger partial charge is 0.381 e. The molecule has 3 heteroatoms. The van der Waals surface area contributed by atoms with E-state index in [4.69, 9.17) is 4.74 Å². The summed E-state index contributed by atoms with van der Waals surface area (Å²) in [7, 11) is 1.93. The molecule has 0 bridgehead atoms. The van der Waals surface area contributed by atoms with E-state index in [2.05, 4.69) is 5.32 Å². The van der Waals surface area contributed by atoms with Crippen LogP contribution in [0.15, 0.2) is 0 Å². The van der Waals surface area contributed by atoms with Gasteiger partial charge in [-0.15, -0.1) is 0 Å². The number of rotatable bonds is 4. The number of Topliss-reactive ketones (excluding diaryl/α,β-unsaturated/α-hetero) is 1. The molecule has 1 saturated heterocycles. The monoisotopic (exact) mass is 197 g/mol. The van der Waals surface area contributed by atoms with Crippen LogP contribution < -0.4 is 5.32 Å². The molecule has 0 amide bonds. The maximum Gasteiger partial charge on any atom is 0.143 e. The fraction of sp³-hybridized carbons (Fsp3) is 0.909. The molecular formula is C11H19NO2. The van der Waals surface area contributed by atoms with Crippen molar-refractivity contribution in [1.82, 2.24) is 5.32 Å². The Kier molecular flexibility index (Phi) is 2.88. The summed E-state index contributed by atoms with van der Waals surface area (Å²) in [4.78, 5) is 12.2. The van der Waals surface area contributed by atoms with Gasteiger partial charge in [-0.1, -0.05) is 0 Å². The van der Waals surface area contributed by atoms with E-state index < -0.39 is 0 Å². The molecule has 1 saturated carbocycles. The van der Waals surface area contributed by atoms with Gasteiger partial charge in [-0.2, -0.15) is 0 Å². The van der Waals surface area contributed by atoms with E-state index in [1.807, 2.05) is 7.05 Å². The molecule has 1 aliphatic carbocycles. The molecule has 0 aromatic heterocycles. The molecule has 1 N–H and O–H groups in total. The maximum atomic E-state index is 12.2. The molecule has 14 heavy (non-hydrogen) atoms. The smallest absolute Gasteiger partial charge is 0.143 e. The standard InChI is InChI=1S/C11H19NO2/c1-12-8-11(4-5-11)10(13)9-2-6-14-7-3-9/h9,12H,2-8H2,1H3. The number of hydrogen-bond acceptors (Lipinski definition) is 3. The summed E-state index contributed by atoms with van der Waals surface area (Å²) < 4.78 is 5.28. The van der Waals surface area contributed by atoms with E-state index in [-0.39, 0.29) is 11.3 Å². The third-order valence-corrected chi connectivity index (χ3v) is 3.48. The average molecular weight is 197 g/mol. The number of ketones is 1. The lowest BCUT2D eigenvalue weighted by molar-refractivity contribution is -0.130. The van der Waals surface area contributed by atoms with Crippen LogP contribution in [-0.4, -0.2) is 32.6 Å². The lowest BCUT2D eigenvalue weighted by Gasteiger charge is -2.25.